The predicted octanol–water partition coefficient (Wildman–Crippen LogP) is 3.15. The highest BCUT2D eigenvalue weighted by Gasteiger charge is 2.18. The number of rotatable bonds is 7. The topological polar surface area (TPSA) is 38.7 Å². The van der Waals surface area contributed by atoms with Crippen molar-refractivity contribution in [2.24, 2.45) is 5.92 Å². The summed E-state index contributed by atoms with van der Waals surface area (Å²) in [5.41, 5.74) is 0.832. The van der Waals surface area contributed by atoms with Gasteiger partial charge in [0.2, 0.25) is 0 Å². The molecule has 0 radical (unpaired) electrons. The quantitative estimate of drug-likeness (QED) is 0.808. The van der Waals surface area contributed by atoms with E-state index in [1.54, 1.807) is 0 Å². The van der Waals surface area contributed by atoms with E-state index in [2.05, 4.69) is 6.92 Å². The summed E-state index contributed by atoms with van der Waals surface area (Å²) >= 11 is 0. The summed E-state index contributed by atoms with van der Waals surface area (Å²) in [7, 11) is 0. The zero-order chi connectivity index (χ0) is 12.8. The van der Waals surface area contributed by atoms with Gasteiger partial charge in [-0.25, -0.2) is 0 Å². The Morgan fingerprint density at radius 2 is 2.11 bits per heavy atom. The van der Waals surface area contributed by atoms with Crippen LogP contribution in [0.3, 0.4) is 0 Å². The molecule has 0 aliphatic heterocycles. The molecule has 3 heteroatoms. The molecular weight excluding hydrogens is 228 g/mol. The molecule has 100 valence electrons. The van der Waals surface area contributed by atoms with Crippen molar-refractivity contribution in [3.8, 4) is 11.5 Å². The molecule has 18 heavy (non-hydrogen) atoms. The van der Waals surface area contributed by atoms with E-state index in [0.717, 1.165) is 30.1 Å². The summed E-state index contributed by atoms with van der Waals surface area (Å²) in [6, 6.07) is 5.65. The molecule has 1 aromatic rings. The predicted molar refractivity (Wildman–Crippen MR) is 71.0 cm³/mol. The van der Waals surface area contributed by atoms with Crippen LogP contribution in [0.25, 0.3) is 0 Å². The molecule has 1 fully saturated rings. The zero-order valence-electron chi connectivity index (χ0n) is 11.0. The van der Waals surface area contributed by atoms with E-state index in [1.165, 1.54) is 19.3 Å². The minimum atomic E-state index is 0.00799. The molecule has 0 bridgehead atoms. The maximum atomic E-state index is 9.30. The molecule has 0 aromatic heterocycles. The first kappa shape index (κ1) is 13.2. The summed E-state index contributed by atoms with van der Waals surface area (Å²) in [5.74, 6) is 2.27. The highest BCUT2D eigenvalue weighted by atomic mass is 16.5. The van der Waals surface area contributed by atoms with Crippen LogP contribution in [0.1, 0.15) is 38.2 Å². The van der Waals surface area contributed by atoms with Gasteiger partial charge in [0.15, 0.2) is 0 Å². The Kier molecular flexibility index (Phi) is 4.88. The first-order valence-corrected chi connectivity index (χ1v) is 6.83. The van der Waals surface area contributed by atoms with Gasteiger partial charge in [0.1, 0.15) is 11.5 Å². The van der Waals surface area contributed by atoms with Crippen LogP contribution in [0.15, 0.2) is 18.2 Å². The lowest BCUT2D eigenvalue weighted by Gasteiger charge is -2.25. The fraction of sp³-hybridized carbons (Fsp3) is 0.600. The summed E-state index contributed by atoms with van der Waals surface area (Å²) < 4.78 is 11.4. The maximum Gasteiger partial charge on any atom is 0.128 e. The summed E-state index contributed by atoms with van der Waals surface area (Å²) in [4.78, 5) is 0. The van der Waals surface area contributed by atoms with E-state index in [0.29, 0.717) is 12.5 Å². The first-order chi connectivity index (χ1) is 8.83. The van der Waals surface area contributed by atoms with Crippen molar-refractivity contribution in [3.05, 3.63) is 23.8 Å². The van der Waals surface area contributed by atoms with Crippen molar-refractivity contribution in [3.63, 3.8) is 0 Å². The van der Waals surface area contributed by atoms with Gasteiger partial charge in [-0.15, -0.1) is 0 Å². The third-order valence-corrected chi connectivity index (χ3v) is 3.38. The lowest BCUT2D eigenvalue weighted by molar-refractivity contribution is 0.175. The van der Waals surface area contributed by atoms with Crippen molar-refractivity contribution < 1.29 is 14.6 Å². The molecule has 0 saturated heterocycles. The van der Waals surface area contributed by atoms with Gasteiger partial charge in [0.05, 0.1) is 19.8 Å². The molecule has 0 heterocycles. The van der Waals surface area contributed by atoms with Crippen molar-refractivity contribution >= 4 is 0 Å². The van der Waals surface area contributed by atoms with E-state index in [-0.39, 0.29) is 6.61 Å². The summed E-state index contributed by atoms with van der Waals surface area (Å²) in [6.45, 7) is 3.55. The van der Waals surface area contributed by atoms with Gasteiger partial charge in [0.25, 0.3) is 0 Å². The van der Waals surface area contributed by atoms with Gasteiger partial charge >= 0.3 is 0 Å². The van der Waals surface area contributed by atoms with Crippen LogP contribution in [0, 0.1) is 5.92 Å². The smallest absolute Gasteiger partial charge is 0.128 e. The van der Waals surface area contributed by atoms with Crippen molar-refractivity contribution in [2.45, 2.75) is 39.2 Å². The minimum absolute atomic E-state index is 0.00799. The highest BCUT2D eigenvalue weighted by Crippen LogP contribution is 2.30. The molecule has 2 rings (SSSR count). The third-order valence-electron chi connectivity index (χ3n) is 3.38. The number of benzene rings is 1. The molecule has 1 aliphatic rings. The molecule has 0 atom stereocenters. The van der Waals surface area contributed by atoms with E-state index in [4.69, 9.17) is 9.47 Å². The minimum Gasteiger partial charge on any atom is -0.493 e. The van der Waals surface area contributed by atoms with Crippen molar-refractivity contribution in [1.29, 1.82) is 0 Å². The Hall–Kier alpha value is -1.22. The highest BCUT2D eigenvalue weighted by molar-refractivity contribution is 5.40. The van der Waals surface area contributed by atoms with Crippen LogP contribution in [0.5, 0.6) is 11.5 Å². The molecule has 0 spiro atoms. The summed E-state index contributed by atoms with van der Waals surface area (Å²) in [6.07, 6.45) is 4.83. The van der Waals surface area contributed by atoms with E-state index in [1.807, 2.05) is 18.2 Å². The fourth-order valence-electron chi connectivity index (χ4n) is 1.98. The van der Waals surface area contributed by atoms with E-state index in [9.17, 15) is 5.11 Å². The van der Waals surface area contributed by atoms with Gasteiger partial charge in [-0.1, -0.05) is 13.3 Å². The van der Waals surface area contributed by atoms with Gasteiger partial charge in [-0.2, -0.15) is 0 Å². The number of aliphatic hydroxyl groups excluding tert-OH is 1. The van der Waals surface area contributed by atoms with E-state index >= 15 is 0 Å². The molecule has 1 aromatic carbocycles. The Morgan fingerprint density at radius 3 is 2.72 bits per heavy atom. The number of hydrogen-bond donors (Lipinski definition) is 1. The lowest BCUT2D eigenvalue weighted by atomic mass is 9.86. The average molecular weight is 250 g/mol. The second-order valence-electron chi connectivity index (χ2n) is 4.88. The summed E-state index contributed by atoms with van der Waals surface area (Å²) in [5, 5.41) is 9.30. The normalized spacial score (nSPS) is 15.2. The van der Waals surface area contributed by atoms with Gasteiger partial charge in [0, 0.05) is 11.6 Å². The number of aliphatic hydroxyl groups is 1. The van der Waals surface area contributed by atoms with E-state index < -0.39 is 0 Å². The van der Waals surface area contributed by atoms with Crippen molar-refractivity contribution in [1.82, 2.24) is 0 Å². The zero-order valence-corrected chi connectivity index (χ0v) is 11.0. The molecule has 1 saturated carbocycles. The Bertz CT molecular complexity index is 372. The largest absolute Gasteiger partial charge is 0.493 e. The average Bonchev–Trinajstić information content (AvgIpc) is 2.34. The second-order valence-corrected chi connectivity index (χ2v) is 4.88. The van der Waals surface area contributed by atoms with Crippen LogP contribution >= 0.6 is 0 Å². The third kappa shape index (κ3) is 3.39. The molecule has 0 unspecified atom stereocenters. The molecule has 1 aliphatic carbocycles. The number of hydrogen-bond acceptors (Lipinski definition) is 3. The van der Waals surface area contributed by atoms with Crippen LogP contribution in [-0.2, 0) is 6.61 Å². The van der Waals surface area contributed by atoms with Crippen LogP contribution < -0.4 is 9.47 Å². The van der Waals surface area contributed by atoms with Crippen LogP contribution in [-0.4, -0.2) is 18.3 Å². The standard InChI is InChI=1S/C15H22O3/c1-2-8-17-14-7-6-13(10-16)15(9-14)18-11-12-4-3-5-12/h6-7,9,12,16H,2-5,8,10-11H2,1H3. The van der Waals surface area contributed by atoms with Gasteiger partial charge in [-0.3, -0.25) is 0 Å². The Balaban J connectivity index is 1.98. The molecule has 3 nitrogen and oxygen atoms in total. The monoisotopic (exact) mass is 250 g/mol. The van der Waals surface area contributed by atoms with Crippen LogP contribution in [0.4, 0.5) is 0 Å². The maximum absolute atomic E-state index is 9.30. The number of ether oxygens (including phenoxy) is 2. The second kappa shape index (κ2) is 6.64. The van der Waals surface area contributed by atoms with Gasteiger partial charge in [-0.05, 0) is 37.3 Å². The fourth-order valence-corrected chi connectivity index (χ4v) is 1.98. The SMILES string of the molecule is CCCOc1ccc(CO)c(OCC2CCC2)c1. The van der Waals surface area contributed by atoms with Gasteiger partial charge < -0.3 is 14.6 Å². The molecule has 0 amide bonds. The van der Waals surface area contributed by atoms with Crippen LogP contribution in [0.2, 0.25) is 0 Å². The van der Waals surface area contributed by atoms with Crippen molar-refractivity contribution in [2.75, 3.05) is 13.2 Å². The Morgan fingerprint density at radius 1 is 1.28 bits per heavy atom. The molecule has 1 N–H and O–H groups in total. The first-order valence-electron chi connectivity index (χ1n) is 6.83. The Labute approximate surface area is 109 Å². The molecular formula is C15H22O3. The lowest BCUT2D eigenvalue weighted by Crippen LogP contribution is -2.19.